The lowest BCUT2D eigenvalue weighted by atomic mass is 10.00. The molecule has 22 nitrogen and oxygen atoms in total. The van der Waals surface area contributed by atoms with Gasteiger partial charge in [0.1, 0.15) is 36.3 Å². The number of amides is 9. The van der Waals surface area contributed by atoms with Crippen molar-refractivity contribution >= 4 is 75.0 Å². The van der Waals surface area contributed by atoms with Crippen LogP contribution >= 0.6 is 0 Å². The summed E-state index contributed by atoms with van der Waals surface area (Å²) in [5.74, 6) is -6.62. The number of carbonyl (C=O) groups is 9. The number of hydrogen-bond donors (Lipinski definition) is 12. The van der Waals surface area contributed by atoms with Crippen LogP contribution in [0.15, 0.2) is 122 Å². The van der Waals surface area contributed by atoms with Crippen molar-refractivity contribution in [1.82, 2.24) is 52.1 Å². The van der Waals surface area contributed by atoms with Gasteiger partial charge in [-0.15, -0.1) is 0 Å². The summed E-state index contributed by atoms with van der Waals surface area (Å²) in [6, 6.07) is 24.1. The minimum absolute atomic E-state index is 0.000336. The number of unbranched alkanes of at least 4 members (excludes halogenated alkanes) is 1. The van der Waals surface area contributed by atoms with Crippen LogP contribution in [0.25, 0.3) is 21.8 Å². The zero-order valence-electron chi connectivity index (χ0n) is 45.9. The molecule has 0 saturated carbocycles. The molecule has 0 aliphatic carbocycles. The smallest absolute Gasteiger partial charge is 0.245 e. The molecule has 0 bridgehead atoms. The molecule has 7 atom stereocenters. The number of aliphatic hydroxyl groups excluding tert-OH is 1. The number of rotatable bonds is 15. The quantitative estimate of drug-likeness (QED) is 0.0651. The van der Waals surface area contributed by atoms with Gasteiger partial charge in [-0.3, -0.25) is 43.2 Å². The summed E-state index contributed by atoms with van der Waals surface area (Å²) < 4.78 is 0. The Labute approximate surface area is 475 Å². The predicted octanol–water partition coefficient (Wildman–Crippen LogP) is 1.34. The number of nitrogens with two attached hydrogens (primary N) is 2. The number of nitrogens with zero attached hydrogens (tertiary/aromatic N) is 1. The molecule has 82 heavy (non-hydrogen) atoms. The molecule has 14 N–H and O–H groups in total. The lowest BCUT2D eigenvalue weighted by molar-refractivity contribution is -0.140. The zero-order valence-corrected chi connectivity index (χ0v) is 45.9. The number of aromatic amines is 2. The van der Waals surface area contributed by atoms with Gasteiger partial charge in [-0.2, -0.15) is 0 Å². The van der Waals surface area contributed by atoms with Gasteiger partial charge in [0.25, 0.3) is 0 Å². The summed E-state index contributed by atoms with van der Waals surface area (Å²) in [6.45, 7) is 0.898. The van der Waals surface area contributed by atoms with Gasteiger partial charge in [0.15, 0.2) is 0 Å². The van der Waals surface area contributed by atoms with Gasteiger partial charge < -0.3 is 68.7 Å². The lowest BCUT2D eigenvalue weighted by Gasteiger charge is -2.30. The van der Waals surface area contributed by atoms with E-state index in [4.69, 9.17) is 11.5 Å². The largest absolute Gasteiger partial charge is 0.391 e. The van der Waals surface area contributed by atoms with Crippen molar-refractivity contribution in [3.63, 3.8) is 0 Å². The van der Waals surface area contributed by atoms with Crippen molar-refractivity contribution in [2.45, 2.75) is 120 Å². The summed E-state index contributed by atoms with van der Waals surface area (Å²) >= 11 is 0. The molecule has 0 spiro atoms. The van der Waals surface area contributed by atoms with Gasteiger partial charge >= 0.3 is 0 Å². The van der Waals surface area contributed by atoms with E-state index < -0.39 is 102 Å². The molecule has 22 heteroatoms. The fraction of sp³-hybridized carbons (Fsp3) is 0.383. The van der Waals surface area contributed by atoms with Gasteiger partial charge in [0.05, 0.1) is 12.6 Å². The maximum absolute atomic E-state index is 15.1. The molecular formula is C60H74N12O10. The maximum Gasteiger partial charge on any atom is 0.245 e. The van der Waals surface area contributed by atoms with Gasteiger partial charge in [-0.05, 0) is 80.0 Å². The van der Waals surface area contributed by atoms with E-state index in [9.17, 15) is 38.7 Å². The Kier molecular flexibility index (Phi) is 22.3. The molecule has 6 aromatic rings. The number of primary amides is 1. The number of para-hydroxylation sites is 2. The summed E-state index contributed by atoms with van der Waals surface area (Å²) in [6.07, 6.45) is 2.46. The first-order valence-corrected chi connectivity index (χ1v) is 27.8. The third-order valence-electron chi connectivity index (χ3n) is 14.3. The first-order chi connectivity index (χ1) is 39.6. The molecule has 4 aromatic carbocycles. The number of nitrogens with one attached hydrogen (secondary N) is 9. The Balaban J connectivity index is 1.26. The Morgan fingerprint density at radius 3 is 1.57 bits per heavy atom. The number of H-pyrrole nitrogens is 2. The molecule has 1 fully saturated rings. The van der Waals surface area contributed by atoms with Crippen LogP contribution in [-0.4, -0.2) is 142 Å². The Hall–Kier alpha value is -8.89. The van der Waals surface area contributed by atoms with Crippen LogP contribution in [0.5, 0.6) is 0 Å². The number of benzene rings is 4. The van der Waals surface area contributed by atoms with Crippen LogP contribution in [0.2, 0.25) is 0 Å². The van der Waals surface area contributed by atoms with E-state index in [2.05, 4.69) is 47.2 Å². The third kappa shape index (κ3) is 17.6. The molecule has 7 rings (SSSR count). The molecule has 4 unspecified atom stereocenters. The zero-order chi connectivity index (χ0) is 58.5. The molecule has 0 radical (unpaired) electrons. The van der Waals surface area contributed by atoms with E-state index in [1.54, 1.807) is 67.0 Å². The number of carbonyl (C=O) groups excluding carboxylic acids is 9. The normalized spacial score (nSPS) is 21.4. The van der Waals surface area contributed by atoms with Crippen molar-refractivity contribution < 1.29 is 48.3 Å². The van der Waals surface area contributed by atoms with E-state index in [0.29, 0.717) is 35.1 Å². The number of fused-ring (bicyclic) bond motifs is 2. The first kappa shape index (κ1) is 60.7. The summed E-state index contributed by atoms with van der Waals surface area (Å²) in [5.41, 5.74) is 15.6. The van der Waals surface area contributed by atoms with E-state index >= 15 is 9.59 Å². The van der Waals surface area contributed by atoms with Crippen LogP contribution in [0.1, 0.15) is 74.1 Å². The van der Waals surface area contributed by atoms with Gasteiger partial charge in [-0.25, -0.2) is 0 Å². The van der Waals surface area contributed by atoms with Gasteiger partial charge in [0, 0.05) is 85.8 Å². The highest BCUT2D eigenvalue weighted by molar-refractivity contribution is 5.98. The summed E-state index contributed by atoms with van der Waals surface area (Å²) in [4.78, 5) is 135. The van der Waals surface area contributed by atoms with Gasteiger partial charge in [0.2, 0.25) is 53.2 Å². The Morgan fingerprint density at radius 1 is 0.561 bits per heavy atom. The molecule has 2 aromatic heterocycles. The molecule has 1 aliphatic rings. The van der Waals surface area contributed by atoms with E-state index in [-0.39, 0.29) is 77.4 Å². The standard InChI is InChI=1S/C60H74N12O10/c1-37(73)54-59(81)70-50(31-39-18-6-3-7-19-39)60(82)72(36-51(62)74)29-15-26-52(75)63-28-14-25-53(76)66-47(30-38-16-4-2-5-17-38)56(78)68-49(33-41-35-65-45-23-11-9-21-43(41)45)58(80)69-48(32-40-34-64-44-22-10-8-20-42(40)44)57(79)67-46(55(77)71-54)24-12-13-27-61/h2-11,16-23,34-35,37,46-50,54,64-65,73H,12-15,24-33,36,61H2,1H3,(H2,62,74)(H,63,75)(H,66,76)(H,67,79)(H,68,78)(H,69,80)(H,70,81)(H,71,77)/t37-,46?,47?,48-,49?,50?,54+/m1/s1. The van der Waals surface area contributed by atoms with Crippen LogP contribution in [0.3, 0.4) is 0 Å². The average molecular weight is 1120 g/mol. The minimum atomic E-state index is -1.70. The lowest BCUT2D eigenvalue weighted by Crippen LogP contribution is -2.62. The molecule has 1 saturated heterocycles. The van der Waals surface area contributed by atoms with Crippen LogP contribution in [0.4, 0.5) is 0 Å². The Morgan fingerprint density at radius 2 is 1.04 bits per heavy atom. The monoisotopic (exact) mass is 1120 g/mol. The number of aromatic nitrogens is 2. The maximum atomic E-state index is 15.1. The highest BCUT2D eigenvalue weighted by Gasteiger charge is 2.36. The predicted molar refractivity (Wildman–Crippen MR) is 308 cm³/mol. The average Bonchev–Trinajstić information content (AvgIpc) is 4.31. The summed E-state index contributed by atoms with van der Waals surface area (Å²) in [7, 11) is 0. The van der Waals surface area contributed by atoms with E-state index in [1.165, 1.54) is 6.92 Å². The minimum Gasteiger partial charge on any atom is -0.391 e. The topological polar surface area (TPSA) is 345 Å². The fourth-order valence-corrected chi connectivity index (χ4v) is 10.0. The summed E-state index contributed by atoms with van der Waals surface area (Å²) in [5, 5.41) is 32.2. The van der Waals surface area contributed by atoms with Crippen molar-refractivity contribution in [2.24, 2.45) is 11.5 Å². The van der Waals surface area contributed by atoms with Crippen LogP contribution in [-0.2, 0) is 68.8 Å². The molecule has 434 valence electrons. The van der Waals surface area contributed by atoms with E-state index in [0.717, 1.165) is 26.7 Å². The van der Waals surface area contributed by atoms with Crippen molar-refractivity contribution in [3.05, 3.63) is 144 Å². The number of hydrogen-bond acceptors (Lipinski definition) is 11. The van der Waals surface area contributed by atoms with Crippen molar-refractivity contribution in [3.8, 4) is 0 Å². The molecule has 9 amide bonds. The van der Waals surface area contributed by atoms with Crippen LogP contribution < -0.4 is 48.7 Å². The highest BCUT2D eigenvalue weighted by atomic mass is 16.3. The van der Waals surface area contributed by atoms with E-state index in [1.807, 2.05) is 54.6 Å². The van der Waals surface area contributed by atoms with Crippen molar-refractivity contribution in [1.29, 1.82) is 0 Å². The fourth-order valence-electron chi connectivity index (χ4n) is 10.0. The number of aliphatic hydroxyl groups is 1. The Bertz CT molecular complexity index is 3160. The van der Waals surface area contributed by atoms with Crippen molar-refractivity contribution in [2.75, 3.05) is 26.2 Å². The van der Waals surface area contributed by atoms with Gasteiger partial charge in [-0.1, -0.05) is 97.1 Å². The second-order valence-corrected chi connectivity index (χ2v) is 20.7. The second kappa shape index (κ2) is 30.1. The molecule has 1 aliphatic heterocycles. The first-order valence-electron chi connectivity index (χ1n) is 27.8. The molecule has 3 heterocycles. The molecular weight excluding hydrogens is 1050 g/mol. The highest BCUT2D eigenvalue weighted by Crippen LogP contribution is 2.22. The second-order valence-electron chi connectivity index (χ2n) is 20.7. The van der Waals surface area contributed by atoms with Crippen LogP contribution in [0, 0.1) is 0 Å². The third-order valence-corrected chi connectivity index (χ3v) is 14.3. The SMILES string of the molecule is C[C@@H](O)[C@@H]1NC(=O)C(CCCCN)NC(=O)[C@@H](Cc2c[nH]c3ccccc23)NC(=O)C(Cc2c[nH]c3ccccc23)NC(=O)C(Cc2ccccc2)NC(=O)CCCNC(=O)CCCN(CC(N)=O)C(=O)C(Cc2ccccc2)NC1=O.